The van der Waals surface area contributed by atoms with Crippen LogP contribution in [0.2, 0.25) is 0 Å². The molecular weight excluding hydrogens is 336 g/mol. The number of aliphatic hydroxyl groups excluding tert-OH is 1. The molecule has 23 heavy (non-hydrogen) atoms. The highest BCUT2D eigenvalue weighted by molar-refractivity contribution is 7.80. The molecule has 0 aliphatic carbocycles. The van der Waals surface area contributed by atoms with Gasteiger partial charge in [-0.2, -0.15) is 8.42 Å². The van der Waals surface area contributed by atoms with E-state index in [0.29, 0.717) is 0 Å². The fourth-order valence-electron chi connectivity index (χ4n) is 3.30. The number of hydrogen-bond donors (Lipinski definition) is 7. The molecule has 0 radical (unpaired) electrons. The summed E-state index contributed by atoms with van der Waals surface area (Å²) in [4.78, 5) is 9.11. The number of aliphatic hydroxyl groups is 3. The summed E-state index contributed by atoms with van der Waals surface area (Å²) in [6, 6.07) is -2.02. The maximum absolute atomic E-state index is 11.0. The van der Waals surface area contributed by atoms with Gasteiger partial charge in [-0.05, 0) is 0 Å². The van der Waals surface area contributed by atoms with Crippen molar-refractivity contribution in [3.8, 4) is 0 Å². The summed E-state index contributed by atoms with van der Waals surface area (Å²) in [5.41, 5.74) is 9.48. The van der Waals surface area contributed by atoms with E-state index in [4.69, 9.17) is 16.0 Å². The zero-order chi connectivity index (χ0) is 17.2. The quantitative estimate of drug-likeness (QED) is 0.188. The summed E-state index contributed by atoms with van der Waals surface area (Å²) in [5.74, 6) is -3.26. The van der Waals surface area contributed by atoms with Crippen molar-refractivity contribution < 1.29 is 32.5 Å². The van der Waals surface area contributed by atoms with Crippen molar-refractivity contribution in [2.24, 2.45) is 21.5 Å². The minimum atomic E-state index is -4.98. The second-order valence-corrected chi connectivity index (χ2v) is 6.49. The van der Waals surface area contributed by atoms with Crippen LogP contribution in [0.15, 0.2) is 9.98 Å². The molecule has 0 bridgehead atoms. The van der Waals surface area contributed by atoms with E-state index in [-0.39, 0.29) is 11.9 Å². The van der Waals surface area contributed by atoms with Crippen molar-refractivity contribution in [3.63, 3.8) is 0 Å². The smallest absolute Gasteiger partial charge is 0.394 e. The zero-order valence-electron chi connectivity index (χ0n) is 11.6. The lowest BCUT2D eigenvalue weighted by Gasteiger charge is -2.48. The van der Waals surface area contributed by atoms with Crippen molar-refractivity contribution in [2.45, 2.75) is 29.6 Å². The summed E-state index contributed by atoms with van der Waals surface area (Å²) in [6.07, 6.45) is -1.81. The molecule has 1 unspecified atom stereocenters. The Hall–Kier alpha value is -1.71. The topological polar surface area (TPSA) is 216 Å². The van der Waals surface area contributed by atoms with Crippen LogP contribution >= 0.6 is 0 Å². The van der Waals surface area contributed by atoms with Crippen LogP contribution in [-0.2, 0) is 14.6 Å². The second kappa shape index (κ2) is 4.65. The zero-order valence-corrected chi connectivity index (χ0v) is 12.4. The first-order valence-corrected chi connectivity index (χ1v) is 7.83. The predicted molar refractivity (Wildman–Crippen MR) is 74.1 cm³/mol. The molecule has 3 heterocycles. The molecule has 1 fully saturated rings. The van der Waals surface area contributed by atoms with E-state index in [1.165, 1.54) is 0 Å². The van der Waals surface area contributed by atoms with Crippen LogP contribution < -0.4 is 16.8 Å². The standard InChI is InChI=1S/C9H16N6O7S/c10-6-13-5-3(2-16)12-7(11)15-1-4(22-23(19,20)21)9(17,18)8(5,15)14-6/h3-5,16-18H,1-2H2,(H2,11,12)(H3,10,13,14)(H,19,20,21)/t3-,4-,5+,8?/m1/s1. The summed E-state index contributed by atoms with van der Waals surface area (Å²) in [7, 11) is -4.98. The van der Waals surface area contributed by atoms with Gasteiger partial charge in [-0.15, -0.1) is 0 Å². The SMILES string of the molecule is NC1=N[C@H]2[C@@H](CO)N=C(N)N3C[C@@H](OS(=O)(=O)O)C(O)(O)C23N1. The largest absolute Gasteiger partial charge is 0.397 e. The van der Waals surface area contributed by atoms with E-state index < -0.39 is 53.2 Å². The van der Waals surface area contributed by atoms with Gasteiger partial charge in [0.15, 0.2) is 23.7 Å². The Morgan fingerprint density at radius 3 is 2.61 bits per heavy atom. The van der Waals surface area contributed by atoms with Gasteiger partial charge >= 0.3 is 10.4 Å². The molecule has 13 nitrogen and oxygen atoms in total. The molecule has 0 amide bonds. The summed E-state index contributed by atoms with van der Waals surface area (Å²) in [6.45, 7) is -0.952. The average molecular weight is 352 g/mol. The molecular formula is C9H16N6O7S. The first-order chi connectivity index (χ1) is 10.5. The third kappa shape index (κ3) is 2.07. The Morgan fingerprint density at radius 2 is 2.04 bits per heavy atom. The Balaban J connectivity index is 2.11. The van der Waals surface area contributed by atoms with Gasteiger partial charge in [0.2, 0.25) is 5.79 Å². The van der Waals surface area contributed by atoms with Crippen LogP contribution in [0, 0.1) is 0 Å². The second-order valence-electron chi connectivity index (χ2n) is 5.44. The molecule has 1 spiro atoms. The first kappa shape index (κ1) is 16.2. The van der Waals surface area contributed by atoms with Gasteiger partial charge in [0, 0.05) is 0 Å². The van der Waals surface area contributed by atoms with Gasteiger partial charge in [0.1, 0.15) is 12.1 Å². The number of rotatable bonds is 3. The lowest BCUT2D eigenvalue weighted by Crippen LogP contribution is -2.77. The van der Waals surface area contributed by atoms with Crippen LogP contribution in [-0.4, -0.2) is 87.9 Å². The van der Waals surface area contributed by atoms with Gasteiger partial charge in [0.05, 0.1) is 13.2 Å². The first-order valence-electron chi connectivity index (χ1n) is 6.46. The molecule has 9 N–H and O–H groups in total. The third-order valence-corrected chi connectivity index (χ3v) is 4.65. The normalized spacial score (nSPS) is 38.4. The minimum Gasteiger partial charge on any atom is -0.394 e. The Labute approximate surface area is 130 Å². The van der Waals surface area contributed by atoms with E-state index in [2.05, 4.69) is 19.5 Å². The van der Waals surface area contributed by atoms with Crippen LogP contribution in [0.5, 0.6) is 0 Å². The molecule has 4 atom stereocenters. The van der Waals surface area contributed by atoms with Crippen molar-refractivity contribution in [1.82, 2.24) is 10.2 Å². The molecule has 130 valence electrons. The van der Waals surface area contributed by atoms with Gasteiger partial charge in [0.25, 0.3) is 0 Å². The molecule has 0 saturated carbocycles. The van der Waals surface area contributed by atoms with Crippen LogP contribution in [0.4, 0.5) is 0 Å². The highest BCUT2D eigenvalue weighted by Gasteiger charge is 2.74. The van der Waals surface area contributed by atoms with Crippen LogP contribution in [0.3, 0.4) is 0 Å². The van der Waals surface area contributed by atoms with Crippen molar-refractivity contribution >= 4 is 22.3 Å². The van der Waals surface area contributed by atoms with Crippen molar-refractivity contribution in [3.05, 3.63) is 0 Å². The molecule has 3 aliphatic rings. The van der Waals surface area contributed by atoms with Crippen LogP contribution in [0.25, 0.3) is 0 Å². The van der Waals surface area contributed by atoms with E-state index >= 15 is 0 Å². The monoisotopic (exact) mass is 352 g/mol. The number of nitrogens with two attached hydrogens (primary N) is 2. The van der Waals surface area contributed by atoms with Gasteiger partial charge in [-0.3, -0.25) is 4.55 Å². The number of nitrogens with one attached hydrogen (secondary N) is 1. The minimum absolute atomic E-state index is 0.177. The van der Waals surface area contributed by atoms with Gasteiger partial charge in [-0.1, -0.05) is 0 Å². The van der Waals surface area contributed by atoms with Crippen LogP contribution in [0.1, 0.15) is 0 Å². The maximum Gasteiger partial charge on any atom is 0.397 e. The molecule has 0 aromatic rings. The highest BCUT2D eigenvalue weighted by Crippen LogP contribution is 2.45. The van der Waals surface area contributed by atoms with Crippen molar-refractivity contribution in [2.75, 3.05) is 13.2 Å². The molecule has 0 aromatic heterocycles. The number of nitrogens with zero attached hydrogens (tertiary/aromatic N) is 3. The molecule has 3 rings (SSSR count). The fourth-order valence-corrected chi connectivity index (χ4v) is 3.79. The summed E-state index contributed by atoms with van der Waals surface area (Å²) >= 11 is 0. The van der Waals surface area contributed by atoms with Gasteiger partial charge < -0.3 is 37.0 Å². The molecule has 14 heteroatoms. The van der Waals surface area contributed by atoms with E-state index in [1.54, 1.807) is 0 Å². The molecule has 1 saturated heterocycles. The van der Waals surface area contributed by atoms with E-state index in [9.17, 15) is 23.7 Å². The Kier molecular flexibility index (Phi) is 3.27. The van der Waals surface area contributed by atoms with E-state index in [1.807, 2.05) is 0 Å². The number of aliphatic imine (C=N–C) groups is 2. The Morgan fingerprint density at radius 1 is 1.39 bits per heavy atom. The Bertz CT molecular complexity index is 693. The lowest BCUT2D eigenvalue weighted by atomic mass is 9.86. The molecule has 3 aliphatic heterocycles. The fraction of sp³-hybridized carbons (Fsp3) is 0.778. The third-order valence-electron chi connectivity index (χ3n) is 4.17. The lowest BCUT2D eigenvalue weighted by molar-refractivity contribution is -0.252. The molecule has 0 aromatic carbocycles. The van der Waals surface area contributed by atoms with E-state index in [0.717, 1.165) is 4.90 Å². The summed E-state index contributed by atoms with van der Waals surface area (Å²) < 4.78 is 35.1. The average Bonchev–Trinajstić information content (AvgIpc) is 2.86. The number of guanidine groups is 2. The highest BCUT2D eigenvalue weighted by atomic mass is 32.3. The van der Waals surface area contributed by atoms with Gasteiger partial charge in [-0.25, -0.2) is 14.2 Å². The maximum atomic E-state index is 11.0. The number of hydrogen-bond acceptors (Lipinski definition) is 12. The van der Waals surface area contributed by atoms with Crippen molar-refractivity contribution in [1.29, 1.82) is 0 Å². The predicted octanol–water partition coefficient (Wildman–Crippen LogP) is -5.16. The summed E-state index contributed by atoms with van der Waals surface area (Å²) in [5, 5.41) is 33.1.